The first-order valence-corrected chi connectivity index (χ1v) is 10.5. The summed E-state index contributed by atoms with van der Waals surface area (Å²) in [5.41, 5.74) is 0.863. The van der Waals surface area contributed by atoms with Crippen LogP contribution in [0.3, 0.4) is 0 Å². The largest absolute Gasteiger partial charge is 0.497 e. The van der Waals surface area contributed by atoms with E-state index in [4.69, 9.17) is 14.2 Å². The van der Waals surface area contributed by atoms with E-state index in [1.165, 1.54) is 19.2 Å². The Bertz CT molecular complexity index is 913. The van der Waals surface area contributed by atoms with E-state index >= 15 is 0 Å². The van der Waals surface area contributed by atoms with E-state index in [0.29, 0.717) is 23.7 Å². The van der Waals surface area contributed by atoms with Crippen molar-refractivity contribution in [3.8, 4) is 17.2 Å². The van der Waals surface area contributed by atoms with Gasteiger partial charge in [0.15, 0.2) is 11.5 Å². The van der Waals surface area contributed by atoms with Crippen molar-refractivity contribution in [3.05, 3.63) is 48.0 Å². The van der Waals surface area contributed by atoms with Gasteiger partial charge >= 0.3 is 0 Å². The Morgan fingerprint density at radius 2 is 1.66 bits per heavy atom. The number of carbonyl (C=O) groups is 1. The van der Waals surface area contributed by atoms with Gasteiger partial charge in [0.05, 0.1) is 26.2 Å². The molecule has 2 aromatic rings. The van der Waals surface area contributed by atoms with Crippen molar-refractivity contribution >= 4 is 15.9 Å². The maximum atomic E-state index is 12.2. The zero-order valence-corrected chi connectivity index (χ0v) is 17.5. The van der Waals surface area contributed by atoms with Crippen molar-refractivity contribution in [2.75, 3.05) is 34.4 Å². The summed E-state index contributed by atoms with van der Waals surface area (Å²) in [4.78, 5) is 12.2. The second kappa shape index (κ2) is 10.7. The predicted molar refractivity (Wildman–Crippen MR) is 109 cm³/mol. The maximum Gasteiger partial charge on any atom is 0.240 e. The monoisotopic (exact) mass is 422 g/mol. The van der Waals surface area contributed by atoms with Crippen LogP contribution in [0.1, 0.15) is 12.0 Å². The molecular formula is C20H26N2O6S. The quantitative estimate of drug-likeness (QED) is 0.535. The summed E-state index contributed by atoms with van der Waals surface area (Å²) in [6.07, 6.45) is 0.721. The molecule has 0 saturated heterocycles. The minimum Gasteiger partial charge on any atom is -0.497 e. The van der Waals surface area contributed by atoms with Crippen molar-refractivity contribution in [2.45, 2.75) is 17.7 Å². The lowest BCUT2D eigenvalue weighted by Crippen LogP contribution is -2.34. The lowest BCUT2D eigenvalue weighted by molar-refractivity contribution is -0.121. The van der Waals surface area contributed by atoms with Crippen molar-refractivity contribution in [1.82, 2.24) is 10.0 Å². The lowest BCUT2D eigenvalue weighted by atomic mass is 10.1. The third-order valence-corrected chi connectivity index (χ3v) is 5.69. The highest BCUT2D eigenvalue weighted by molar-refractivity contribution is 7.89. The van der Waals surface area contributed by atoms with Crippen LogP contribution in [0.4, 0.5) is 0 Å². The summed E-state index contributed by atoms with van der Waals surface area (Å²) < 4.78 is 42.5. The van der Waals surface area contributed by atoms with Gasteiger partial charge in [-0.05, 0) is 42.3 Å². The number of para-hydroxylation sites is 1. The number of carbonyl (C=O) groups excluding carboxylic acids is 1. The molecule has 0 radical (unpaired) electrons. The standard InChI is InChI=1S/C20H26N2O6S/c1-26-16-8-10-17(11-9-16)29(24,25)22-14-13-21-19(23)12-7-15-5-4-6-18(27-2)20(15)28-3/h4-6,8-11,22H,7,12-14H2,1-3H3,(H,21,23). The Hall–Kier alpha value is -2.78. The molecule has 0 fully saturated rings. The van der Waals surface area contributed by atoms with Crippen LogP contribution in [0.2, 0.25) is 0 Å². The third kappa shape index (κ3) is 6.37. The molecular weight excluding hydrogens is 396 g/mol. The molecule has 0 bridgehead atoms. The van der Waals surface area contributed by atoms with Crippen LogP contribution in [-0.2, 0) is 21.2 Å². The average molecular weight is 423 g/mol. The number of hydrogen-bond donors (Lipinski definition) is 2. The Morgan fingerprint density at radius 1 is 0.931 bits per heavy atom. The molecule has 2 rings (SSSR count). The molecule has 1 amide bonds. The molecule has 9 heteroatoms. The number of aryl methyl sites for hydroxylation is 1. The Morgan fingerprint density at radius 3 is 2.28 bits per heavy atom. The van der Waals surface area contributed by atoms with Crippen LogP contribution in [0.5, 0.6) is 17.2 Å². The number of amides is 1. The van der Waals surface area contributed by atoms with Crippen molar-refractivity contribution in [1.29, 1.82) is 0 Å². The van der Waals surface area contributed by atoms with Gasteiger partial charge in [0.2, 0.25) is 15.9 Å². The molecule has 0 saturated carbocycles. The number of rotatable bonds is 11. The minimum absolute atomic E-state index is 0.0859. The van der Waals surface area contributed by atoms with Gasteiger partial charge in [0.1, 0.15) is 5.75 Å². The number of methoxy groups -OCH3 is 3. The van der Waals surface area contributed by atoms with Gasteiger partial charge < -0.3 is 19.5 Å². The van der Waals surface area contributed by atoms with E-state index in [-0.39, 0.29) is 30.3 Å². The molecule has 0 aromatic heterocycles. The number of benzene rings is 2. The molecule has 0 aliphatic heterocycles. The molecule has 158 valence electrons. The summed E-state index contributed by atoms with van der Waals surface area (Å²) in [5, 5.41) is 2.70. The van der Waals surface area contributed by atoms with Crippen LogP contribution in [0.25, 0.3) is 0 Å². The second-order valence-corrected chi connectivity index (χ2v) is 7.84. The minimum atomic E-state index is -3.64. The van der Waals surface area contributed by atoms with Crippen molar-refractivity contribution in [2.24, 2.45) is 0 Å². The Labute approximate surface area is 171 Å². The molecule has 2 N–H and O–H groups in total. The van der Waals surface area contributed by atoms with Gasteiger partial charge in [-0.1, -0.05) is 12.1 Å². The van der Waals surface area contributed by atoms with Gasteiger partial charge in [0.25, 0.3) is 0 Å². The number of nitrogens with one attached hydrogen (secondary N) is 2. The van der Waals surface area contributed by atoms with Crippen molar-refractivity contribution in [3.63, 3.8) is 0 Å². The first kappa shape index (κ1) is 22.5. The van der Waals surface area contributed by atoms with Gasteiger partial charge in [-0.3, -0.25) is 4.79 Å². The molecule has 2 aromatic carbocycles. The first-order chi connectivity index (χ1) is 13.9. The molecule has 0 aliphatic carbocycles. The smallest absolute Gasteiger partial charge is 0.240 e. The van der Waals surface area contributed by atoms with E-state index < -0.39 is 10.0 Å². The zero-order chi connectivity index (χ0) is 21.3. The summed E-state index contributed by atoms with van der Waals surface area (Å²) in [7, 11) is 0.975. The fraction of sp³-hybridized carbons (Fsp3) is 0.350. The Kier molecular flexibility index (Phi) is 8.29. The maximum absolute atomic E-state index is 12.2. The number of ether oxygens (including phenoxy) is 3. The predicted octanol–water partition coefficient (Wildman–Crippen LogP) is 1.74. The SMILES string of the molecule is COc1ccc(S(=O)(=O)NCCNC(=O)CCc2cccc(OC)c2OC)cc1. The van der Waals surface area contributed by atoms with Crippen LogP contribution >= 0.6 is 0 Å². The van der Waals surface area contributed by atoms with E-state index in [0.717, 1.165) is 5.56 Å². The third-order valence-electron chi connectivity index (χ3n) is 4.21. The van der Waals surface area contributed by atoms with Crippen LogP contribution in [0, 0.1) is 0 Å². The number of hydrogen-bond acceptors (Lipinski definition) is 6. The fourth-order valence-electron chi connectivity index (χ4n) is 2.71. The summed E-state index contributed by atoms with van der Waals surface area (Å²) in [6, 6.07) is 11.6. The lowest BCUT2D eigenvalue weighted by Gasteiger charge is -2.12. The van der Waals surface area contributed by atoms with Crippen LogP contribution < -0.4 is 24.2 Å². The molecule has 0 aliphatic rings. The molecule has 29 heavy (non-hydrogen) atoms. The first-order valence-electron chi connectivity index (χ1n) is 9.01. The van der Waals surface area contributed by atoms with E-state index in [1.54, 1.807) is 32.4 Å². The molecule has 0 heterocycles. The van der Waals surface area contributed by atoms with Crippen molar-refractivity contribution < 1.29 is 27.4 Å². The summed E-state index contributed by atoms with van der Waals surface area (Å²) >= 11 is 0. The second-order valence-electron chi connectivity index (χ2n) is 6.08. The average Bonchev–Trinajstić information content (AvgIpc) is 2.74. The van der Waals surface area contributed by atoms with Gasteiger partial charge in [0, 0.05) is 19.5 Å². The number of sulfonamides is 1. The molecule has 0 unspecified atom stereocenters. The highest BCUT2D eigenvalue weighted by Gasteiger charge is 2.14. The highest BCUT2D eigenvalue weighted by atomic mass is 32.2. The normalized spacial score (nSPS) is 11.0. The summed E-state index contributed by atoms with van der Waals surface area (Å²) in [6.45, 7) is 0.270. The van der Waals surface area contributed by atoms with Gasteiger partial charge in [-0.15, -0.1) is 0 Å². The van der Waals surface area contributed by atoms with Crippen LogP contribution in [0.15, 0.2) is 47.4 Å². The molecule has 0 spiro atoms. The fourth-order valence-corrected chi connectivity index (χ4v) is 3.74. The molecule has 8 nitrogen and oxygen atoms in total. The van der Waals surface area contributed by atoms with Gasteiger partial charge in [-0.2, -0.15) is 0 Å². The van der Waals surface area contributed by atoms with Crippen LogP contribution in [-0.4, -0.2) is 48.7 Å². The van der Waals surface area contributed by atoms with E-state index in [1.807, 2.05) is 12.1 Å². The van der Waals surface area contributed by atoms with Gasteiger partial charge in [-0.25, -0.2) is 13.1 Å². The zero-order valence-electron chi connectivity index (χ0n) is 16.7. The highest BCUT2D eigenvalue weighted by Crippen LogP contribution is 2.31. The Balaban J connectivity index is 1.78. The van der Waals surface area contributed by atoms with E-state index in [2.05, 4.69) is 10.0 Å². The summed E-state index contributed by atoms with van der Waals surface area (Å²) in [5.74, 6) is 1.61. The topological polar surface area (TPSA) is 103 Å². The van der Waals surface area contributed by atoms with E-state index in [9.17, 15) is 13.2 Å². The molecule has 0 atom stereocenters.